The van der Waals surface area contributed by atoms with Crippen LogP contribution < -0.4 is 20.1 Å². The van der Waals surface area contributed by atoms with Gasteiger partial charge in [0, 0.05) is 0 Å². The van der Waals surface area contributed by atoms with Crippen LogP contribution in [-0.2, 0) is 11.4 Å². The maximum Gasteiger partial charge on any atom is 0.335 e. The van der Waals surface area contributed by atoms with Crippen molar-refractivity contribution in [3.63, 3.8) is 0 Å². The number of urea groups is 1. The number of imide groups is 1. The quantitative estimate of drug-likeness (QED) is 0.505. The van der Waals surface area contributed by atoms with Gasteiger partial charge in [-0.05, 0) is 41.5 Å². The third-order valence-electron chi connectivity index (χ3n) is 3.84. The number of methoxy groups -OCH3 is 1. The standard InChI is InChI=1S/C19H15ClN2O6/c1-27-15-8-11(7-14-17(23)22-19(26)21-14)6-13(20)16(15)28-9-10-3-2-4-12(5-10)18(24)25/h2-8H,9H2,1H3,(H,24,25)(H2,21,22,23,26). The van der Waals surface area contributed by atoms with Gasteiger partial charge < -0.3 is 19.9 Å². The molecule has 0 aliphatic carbocycles. The summed E-state index contributed by atoms with van der Waals surface area (Å²) in [6, 6.07) is 8.89. The molecule has 2 aromatic carbocycles. The summed E-state index contributed by atoms with van der Waals surface area (Å²) in [5.41, 5.74) is 1.41. The Kier molecular flexibility index (Phi) is 5.51. The average molecular weight is 403 g/mol. The van der Waals surface area contributed by atoms with Crippen LogP contribution in [-0.4, -0.2) is 30.1 Å². The lowest BCUT2D eigenvalue weighted by molar-refractivity contribution is -0.115. The lowest BCUT2D eigenvalue weighted by atomic mass is 10.1. The van der Waals surface area contributed by atoms with Crippen molar-refractivity contribution < 1.29 is 29.0 Å². The minimum atomic E-state index is -1.03. The Balaban J connectivity index is 1.83. The first-order valence-electron chi connectivity index (χ1n) is 8.04. The highest BCUT2D eigenvalue weighted by Crippen LogP contribution is 2.37. The molecule has 0 spiro atoms. The fraction of sp³-hybridized carbons (Fsp3) is 0.105. The minimum absolute atomic E-state index is 0.0795. The van der Waals surface area contributed by atoms with E-state index in [0.717, 1.165) is 0 Å². The smallest absolute Gasteiger partial charge is 0.335 e. The predicted octanol–water partition coefficient (Wildman–Crippen LogP) is 2.81. The van der Waals surface area contributed by atoms with Crippen LogP contribution >= 0.6 is 11.6 Å². The van der Waals surface area contributed by atoms with Gasteiger partial charge in [-0.2, -0.15) is 0 Å². The molecule has 0 saturated carbocycles. The van der Waals surface area contributed by atoms with Crippen LogP contribution in [0.5, 0.6) is 11.5 Å². The Labute approximate surface area is 164 Å². The van der Waals surface area contributed by atoms with Crippen molar-refractivity contribution in [2.45, 2.75) is 6.61 Å². The van der Waals surface area contributed by atoms with Gasteiger partial charge in [-0.1, -0.05) is 23.7 Å². The van der Waals surface area contributed by atoms with Gasteiger partial charge in [0.1, 0.15) is 12.3 Å². The molecule has 3 N–H and O–H groups in total. The summed E-state index contributed by atoms with van der Waals surface area (Å²) >= 11 is 6.30. The van der Waals surface area contributed by atoms with Gasteiger partial charge in [-0.3, -0.25) is 10.1 Å². The number of rotatable bonds is 6. The summed E-state index contributed by atoms with van der Waals surface area (Å²) in [7, 11) is 1.44. The van der Waals surface area contributed by atoms with E-state index in [9.17, 15) is 14.4 Å². The average Bonchev–Trinajstić information content (AvgIpc) is 2.97. The lowest BCUT2D eigenvalue weighted by Crippen LogP contribution is -2.22. The van der Waals surface area contributed by atoms with Crippen molar-refractivity contribution in [1.82, 2.24) is 10.6 Å². The number of carbonyl (C=O) groups is 3. The number of hydrogen-bond acceptors (Lipinski definition) is 5. The van der Waals surface area contributed by atoms with E-state index in [-0.39, 0.29) is 28.6 Å². The Morgan fingerprint density at radius 3 is 2.64 bits per heavy atom. The van der Waals surface area contributed by atoms with Crippen LogP contribution in [0.1, 0.15) is 21.5 Å². The van der Waals surface area contributed by atoms with Crippen molar-refractivity contribution >= 4 is 35.6 Å². The zero-order chi connectivity index (χ0) is 20.3. The summed E-state index contributed by atoms with van der Waals surface area (Å²) in [4.78, 5) is 33.9. The van der Waals surface area contributed by atoms with E-state index in [1.807, 2.05) is 0 Å². The fourth-order valence-electron chi connectivity index (χ4n) is 2.56. The summed E-state index contributed by atoms with van der Waals surface area (Å²) in [5, 5.41) is 13.8. The number of carboxylic acid groups (broad SMARTS) is 1. The molecule has 1 heterocycles. The molecule has 0 bridgehead atoms. The molecule has 2 aromatic rings. The Hall–Kier alpha value is -3.52. The predicted molar refractivity (Wildman–Crippen MR) is 100 cm³/mol. The molecule has 1 saturated heterocycles. The zero-order valence-corrected chi connectivity index (χ0v) is 15.4. The first-order valence-corrected chi connectivity index (χ1v) is 8.42. The minimum Gasteiger partial charge on any atom is -0.493 e. The fourth-order valence-corrected chi connectivity index (χ4v) is 2.84. The van der Waals surface area contributed by atoms with E-state index in [4.69, 9.17) is 26.2 Å². The van der Waals surface area contributed by atoms with Crippen molar-refractivity contribution in [3.05, 3.63) is 63.8 Å². The van der Waals surface area contributed by atoms with Gasteiger partial charge in [0.25, 0.3) is 5.91 Å². The molecule has 1 fully saturated rings. The number of benzene rings is 2. The van der Waals surface area contributed by atoms with Gasteiger partial charge in [0.15, 0.2) is 11.5 Å². The maximum atomic E-state index is 11.6. The second kappa shape index (κ2) is 8.01. The van der Waals surface area contributed by atoms with Crippen LogP contribution in [0, 0.1) is 0 Å². The number of amides is 3. The van der Waals surface area contributed by atoms with Gasteiger partial charge in [-0.15, -0.1) is 0 Å². The van der Waals surface area contributed by atoms with Gasteiger partial charge >= 0.3 is 12.0 Å². The van der Waals surface area contributed by atoms with E-state index in [2.05, 4.69) is 10.6 Å². The number of halogens is 1. The lowest BCUT2D eigenvalue weighted by Gasteiger charge is -2.14. The Morgan fingerprint density at radius 1 is 1.21 bits per heavy atom. The van der Waals surface area contributed by atoms with E-state index in [1.165, 1.54) is 25.3 Å². The maximum absolute atomic E-state index is 11.6. The third kappa shape index (κ3) is 4.24. The molecule has 0 atom stereocenters. The third-order valence-corrected chi connectivity index (χ3v) is 4.12. The number of carbonyl (C=O) groups excluding carboxylic acids is 2. The highest BCUT2D eigenvalue weighted by Gasteiger charge is 2.23. The van der Waals surface area contributed by atoms with Gasteiger partial charge in [0.05, 0.1) is 17.7 Å². The Bertz CT molecular complexity index is 1000. The van der Waals surface area contributed by atoms with Crippen LogP contribution in [0.25, 0.3) is 6.08 Å². The van der Waals surface area contributed by atoms with Crippen LogP contribution in [0.2, 0.25) is 5.02 Å². The van der Waals surface area contributed by atoms with Crippen LogP contribution in [0.3, 0.4) is 0 Å². The Morgan fingerprint density at radius 2 is 2.00 bits per heavy atom. The van der Waals surface area contributed by atoms with E-state index < -0.39 is 17.9 Å². The summed E-state index contributed by atoms with van der Waals surface area (Å²) < 4.78 is 11.0. The van der Waals surface area contributed by atoms with Crippen LogP contribution in [0.4, 0.5) is 4.79 Å². The number of nitrogens with one attached hydrogen (secondary N) is 2. The molecule has 1 aliphatic rings. The topological polar surface area (TPSA) is 114 Å². The molecule has 3 amide bonds. The van der Waals surface area contributed by atoms with E-state index in [1.54, 1.807) is 24.3 Å². The molecule has 9 heteroatoms. The first kappa shape index (κ1) is 19.2. The van der Waals surface area contributed by atoms with Crippen molar-refractivity contribution in [2.75, 3.05) is 7.11 Å². The van der Waals surface area contributed by atoms with E-state index >= 15 is 0 Å². The summed E-state index contributed by atoms with van der Waals surface area (Å²) in [5.74, 6) is -0.984. The van der Waals surface area contributed by atoms with Crippen molar-refractivity contribution in [1.29, 1.82) is 0 Å². The van der Waals surface area contributed by atoms with Gasteiger partial charge in [-0.25, -0.2) is 9.59 Å². The largest absolute Gasteiger partial charge is 0.493 e. The van der Waals surface area contributed by atoms with Crippen molar-refractivity contribution in [2.24, 2.45) is 0 Å². The molecule has 144 valence electrons. The second-order valence-electron chi connectivity index (χ2n) is 5.79. The zero-order valence-electron chi connectivity index (χ0n) is 14.6. The molecule has 0 radical (unpaired) electrons. The highest BCUT2D eigenvalue weighted by atomic mass is 35.5. The number of ether oxygens (including phenoxy) is 2. The molecule has 3 rings (SSSR count). The monoisotopic (exact) mass is 402 g/mol. The molecular weight excluding hydrogens is 388 g/mol. The summed E-state index contributed by atoms with van der Waals surface area (Å²) in [6.07, 6.45) is 1.45. The first-order chi connectivity index (χ1) is 13.4. The van der Waals surface area contributed by atoms with Gasteiger partial charge in [0.2, 0.25) is 0 Å². The van der Waals surface area contributed by atoms with Crippen molar-refractivity contribution in [3.8, 4) is 11.5 Å². The SMILES string of the molecule is COc1cc(C=C2NC(=O)NC2=O)cc(Cl)c1OCc1cccc(C(=O)O)c1. The normalized spacial score (nSPS) is 14.6. The molecule has 0 unspecified atom stereocenters. The molecule has 28 heavy (non-hydrogen) atoms. The molecule has 0 aromatic heterocycles. The highest BCUT2D eigenvalue weighted by molar-refractivity contribution is 6.32. The molecular formula is C19H15ClN2O6. The number of carboxylic acids is 1. The second-order valence-corrected chi connectivity index (χ2v) is 6.20. The summed E-state index contributed by atoms with van der Waals surface area (Å²) in [6.45, 7) is 0.0795. The van der Waals surface area contributed by atoms with E-state index in [0.29, 0.717) is 16.9 Å². The van der Waals surface area contributed by atoms with Crippen LogP contribution in [0.15, 0.2) is 42.1 Å². The molecule has 8 nitrogen and oxygen atoms in total. The molecule has 1 aliphatic heterocycles. The number of hydrogen-bond donors (Lipinski definition) is 3. The number of aromatic carboxylic acids is 1.